The minimum Gasteiger partial charge on any atom is -0.455 e. The van der Waals surface area contributed by atoms with Gasteiger partial charge in [0.05, 0.1) is 5.56 Å². The van der Waals surface area contributed by atoms with E-state index in [2.05, 4.69) is 10.6 Å². The molecule has 0 bridgehead atoms. The number of anilines is 1. The van der Waals surface area contributed by atoms with Crippen molar-refractivity contribution in [3.63, 3.8) is 0 Å². The van der Waals surface area contributed by atoms with Crippen LogP contribution in [-0.2, 0) is 0 Å². The van der Waals surface area contributed by atoms with Gasteiger partial charge in [-0.15, -0.1) is 0 Å². The average Bonchev–Trinajstić information content (AvgIpc) is 2.98. The van der Waals surface area contributed by atoms with Gasteiger partial charge in [0, 0.05) is 42.3 Å². The van der Waals surface area contributed by atoms with Crippen LogP contribution in [0.1, 0.15) is 10.4 Å². The summed E-state index contributed by atoms with van der Waals surface area (Å²) in [6.45, 7) is 0. The van der Waals surface area contributed by atoms with E-state index in [1.165, 1.54) is 37.4 Å². The fourth-order valence-corrected chi connectivity index (χ4v) is 2.74. The third kappa shape index (κ3) is 2.97. The standard InChI is InChI=1S/C17H16BFN2O4/c1-20-13-8-14-11(7-12(13)18(23)24)15(17(22)21-2)16(25-14)9-3-5-10(19)6-4-9/h3-8,20,23-24H,1-2H3,(H,21,22). The summed E-state index contributed by atoms with van der Waals surface area (Å²) in [5.41, 5.74) is 1.85. The number of halogens is 1. The van der Waals surface area contributed by atoms with Crippen molar-refractivity contribution in [2.75, 3.05) is 19.4 Å². The maximum atomic E-state index is 13.2. The summed E-state index contributed by atoms with van der Waals surface area (Å²) in [6.07, 6.45) is 0. The Morgan fingerprint density at radius 1 is 1.16 bits per heavy atom. The molecule has 128 valence electrons. The Bertz CT molecular complexity index is 938. The van der Waals surface area contributed by atoms with Crippen LogP contribution < -0.4 is 16.1 Å². The maximum absolute atomic E-state index is 13.2. The van der Waals surface area contributed by atoms with Gasteiger partial charge in [0.25, 0.3) is 5.91 Å². The van der Waals surface area contributed by atoms with Gasteiger partial charge in [0.1, 0.15) is 17.2 Å². The molecule has 8 heteroatoms. The largest absolute Gasteiger partial charge is 0.490 e. The molecule has 3 aromatic rings. The van der Waals surface area contributed by atoms with Gasteiger partial charge in [0.2, 0.25) is 0 Å². The molecule has 0 aliphatic carbocycles. The normalized spacial score (nSPS) is 10.8. The predicted octanol–water partition coefficient (Wildman–Crippen LogP) is 1.32. The molecule has 0 aliphatic heterocycles. The Hall–Kier alpha value is -2.84. The molecule has 1 aromatic heterocycles. The monoisotopic (exact) mass is 342 g/mol. The zero-order valence-corrected chi connectivity index (χ0v) is 13.6. The number of carbonyl (C=O) groups excluding carboxylic acids is 1. The lowest BCUT2D eigenvalue weighted by atomic mass is 9.78. The minimum absolute atomic E-state index is 0.214. The summed E-state index contributed by atoms with van der Waals surface area (Å²) in [6, 6.07) is 8.66. The number of fused-ring (bicyclic) bond motifs is 1. The number of hydrogen-bond acceptors (Lipinski definition) is 5. The second kappa shape index (κ2) is 6.58. The summed E-state index contributed by atoms with van der Waals surface area (Å²) in [5, 5.41) is 25.0. The summed E-state index contributed by atoms with van der Waals surface area (Å²) in [7, 11) is 1.41. The number of carbonyl (C=O) groups is 1. The zero-order valence-electron chi connectivity index (χ0n) is 13.6. The van der Waals surface area contributed by atoms with E-state index in [4.69, 9.17) is 4.42 Å². The highest BCUT2D eigenvalue weighted by molar-refractivity contribution is 6.61. The molecule has 0 saturated heterocycles. The van der Waals surface area contributed by atoms with Crippen LogP contribution in [0.4, 0.5) is 10.1 Å². The lowest BCUT2D eigenvalue weighted by Crippen LogP contribution is -2.32. The van der Waals surface area contributed by atoms with Gasteiger partial charge in [-0.05, 0) is 30.3 Å². The zero-order chi connectivity index (χ0) is 18.1. The molecule has 0 aliphatic rings. The van der Waals surface area contributed by atoms with Crippen LogP contribution in [-0.4, -0.2) is 37.2 Å². The van der Waals surface area contributed by atoms with Crippen LogP contribution in [0.25, 0.3) is 22.3 Å². The molecule has 0 atom stereocenters. The predicted molar refractivity (Wildman–Crippen MR) is 94.4 cm³/mol. The third-order valence-electron chi connectivity index (χ3n) is 3.97. The first-order chi connectivity index (χ1) is 12.0. The van der Waals surface area contributed by atoms with Crippen molar-refractivity contribution < 1.29 is 23.7 Å². The SMILES string of the molecule is CNC(=O)c1c(-c2ccc(F)cc2)oc2cc(NC)c(B(O)O)cc12. The van der Waals surface area contributed by atoms with Gasteiger partial charge in [-0.25, -0.2) is 4.39 Å². The van der Waals surface area contributed by atoms with Crippen LogP contribution in [0.2, 0.25) is 0 Å². The molecule has 3 rings (SSSR count). The van der Waals surface area contributed by atoms with Crippen molar-refractivity contribution in [1.29, 1.82) is 0 Å². The average molecular weight is 342 g/mol. The highest BCUT2D eigenvalue weighted by atomic mass is 19.1. The summed E-state index contributed by atoms with van der Waals surface area (Å²) in [5.74, 6) is -0.515. The Morgan fingerprint density at radius 3 is 2.40 bits per heavy atom. The van der Waals surface area contributed by atoms with E-state index in [9.17, 15) is 19.2 Å². The topological polar surface area (TPSA) is 94.7 Å². The van der Waals surface area contributed by atoms with Gasteiger partial charge in [-0.1, -0.05) is 0 Å². The number of hydrogen-bond donors (Lipinski definition) is 4. The highest BCUT2D eigenvalue weighted by Gasteiger charge is 2.25. The molecule has 4 N–H and O–H groups in total. The molecule has 6 nitrogen and oxygen atoms in total. The molecular weight excluding hydrogens is 326 g/mol. The second-order valence-corrected chi connectivity index (χ2v) is 5.45. The van der Waals surface area contributed by atoms with Crippen LogP contribution in [0.15, 0.2) is 40.8 Å². The highest BCUT2D eigenvalue weighted by Crippen LogP contribution is 2.34. The summed E-state index contributed by atoms with van der Waals surface area (Å²) < 4.78 is 19.0. The fourth-order valence-electron chi connectivity index (χ4n) is 2.74. The van der Waals surface area contributed by atoms with E-state index in [1.807, 2.05) is 0 Å². The van der Waals surface area contributed by atoms with Crippen molar-refractivity contribution in [2.24, 2.45) is 0 Å². The molecular formula is C17H16BFN2O4. The molecule has 0 saturated carbocycles. The lowest BCUT2D eigenvalue weighted by molar-refractivity contribution is 0.0964. The van der Waals surface area contributed by atoms with E-state index in [-0.39, 0.29) is 16.8 Å². The maximum Gasteiger partial charge on any atom is 0.490 e. The first-order valence-corrected chi connectivity index (χ1v) is 7.58. The molecule has 0 unspecified atom stereocenters. The first-order valence-electron chi connectivity index (χ1n) is 7.58. The molecule has 2 aromatic carbocycles. The smallest absolute Gasteiger partial charge is 0.455 e. The lowest BCUT2D eigenvalue weighted by Gasteiger charge is -2.08. The summed E-state index contributed by atoms with van der Waals surface area (Å²) >= 11 is 0. The second-order valence-electron chi connectivity index (χ2n) is 5.45. The first kappa shape index (κ1) is 17.0. The Balaban J connectivity index is 2.33. The van der Waals surface area contributed by atoms with Crippen LogP contribution in [0.5, 0.6) is 0 Å². The number of benzene rings is 2. The van der Waals surface area contributed by atoms with E-state index in [1.54, 1.807) is 13.1 Å². The molecule has 1 heterocycles. The van der Waals surface area contributed by atoms with E-state index in [0.29, 0.717) is 22.2 Å². The van der Waals surface area contributed by atoms with E-state index < -0.39 is 18.8 Å². The van der Waals surface area contributed by atoms with Crippen molar-refractivity contribution in [3.05, 3.63) is 47.8 Å². The van der Waals surface area contributed by atoms with Gasteiger partial charge < -0.3 is 25.1 Å². The van der Waals surface area contributed by atoms with Gasteiger partial charge in [-0.3, -0.25) is 4.79 Å². The van der Waals surface area contributed by atoms with Crippen molar-refractivity contribution in [1.82, 2.24) is 5.32 Å². The van der Waals surface area contributed by atoms with Crippen LogP contribution in [0, 0.1) is 5.82 Å². The summed E-state index contributed by atoms with van der Waals surface area (Å²) in [4.78, 5) is 12.4. The van der Waals surface area contributed by atoms with Gasteiger partial charge >= 0.3 is 7.12 Å². The quantitative estimate of drug-likeness (QED) is 0.537. The molecule has 1 amide bonds. The Labute approximate surface area is 143 Å². The van der Waals surface area contributed by atoms with Crippen LogP contribution in [0.3, 0.4) is 0 Å². The number of nitrogens with one attached hydrogen (secondary N) is 2. The Morgan fingerprint density at radius 2 is 1.84 bits per heavy atom. The van der Waals surface area contributed by atoms with E-state index in [0.717, 1.165) is 0 Å². The van der Waals surface area contributed by atoms with Crippen molar-refractivity contribution >= 4 is 35.1 Å². The molecule has 0 fully saturated rings. The van der Waals surface area contributed by atoms with Gasteiger partial charge in [-0.2, -0.15) is 0 Å². The molecule has 0 radical (unpaired) electrons. The Kier molecular flexibility index (Phi) is 4.48. The van der Waals surface area contributed by atoms with Crippen molar-refractivity contribution in [2.45, 2.75) is 0 Å². The number of amides is 1. The van der Waals surface area contributed by atoms with Crippen LogP contribution >= 0.6 is 0 Å². The third-order valence-corrected chi connectivity index (χ3v) is 3.97. The molecule has 0 spiro atoms. The minimum atomic E-state index is -1.71. The number of rotatable bonds is 4. The van der Waals surface area contributed by atoms with E-state index >= 15 is 0 Å². The van der Waals surface area contributed by atoms with Gasteiger partial charge in [0.15, 0.2) is 0 Å². The molecule has 25 heavy (non-hydrogen) atoms. The number of furan rings is 1. The fraction of sp³-hybridized carbons (Fsp3) is 0.118. The van der Waals surface area contributed by atoms with Crippen molar-refractivity contribution in [3.8, 4) is 11.3 Å².